The zero-order chi connectivity index (χ0) is 22.4. The molecule has 3 atom stereocenters. The van der Waals surface area contributed by atoms with Crippen molar-refractivity contribution in [1.29, 1.82) is 5.26 Å². The van der Waals surface area contributed by atoms with E-state index in [-0.39, 0.29) is 12.6 Å². The number of fused-ring (bicyclic) bond motifs is 1. The van der Waals surface area contributed by atoms with Gasteiger partial charge in [0.1, 0.15) is 17.7 Å². The standard InChI is InChI=1S/C15H14N4O2.C6H12F2N2/c1-10-7-19(8-11(9-20)21-10)14-6-18-13(5-16)15-12(14)3-2-4-17-15;1-9-5-2-3-10-4-6(5,7)8/h2-4,6,9-11H,7-8H2,1H3;5,9-10H,2-4H2,1H3/t10-,11-;/m1./s1. The third-order valence-electron chi connectivity index (χ3n) is 5.34. The van der Waals surface area contributed by atoms with Crippen LogP contribution in [0, 0.1) is 11.3 Å². The Morgan fingerprint density at radius 3 is 2.87 bits per heavy atom. The minimum atomic E-state index is -2.58. The van der Waals surface area contributed by atoms with Crippen molar-refractivity contribution >= 4 is 22.9 Å². The summed E-state index contributed by atoms with van der Waals surface area (Å²) in [4.78, 5) is 21.5. The van der Waals surface area contributed by atoms with Gasteiger partial charge >= 0.3 is 0 Å². The molecule has 0 spiro atoms. The summed E-state index contributed by atoms with van der Waals surface area (Å²) in [7, 11) is 1.57. The molecule has 1 unspecified atom stereocenters. The smallest absolute Gasteiger partial charge is 0.275 e. The van der Waals surface area contributed by atoms with Gasteiger partial charge in [0.2, 0.25) is 0 Å². The van der Waals surface area contributed by atoms with Crippen LogP contribution in [0.5, 0.6) is 0 Å². The quantitative estimate of drug-likeness (QED) is 0.704. The molecule has 2 aromatic heterocycles. The minimum absolute atomic E-state index is 0.0451. The van der Waals surface area contributed by atoms with Gasteiger partial charge in [0.25, 0.3) is 5.92 Å². The van der Waals surface area contributed by atoms with E-state index in [2.05, 4.69) is 31.6 Å². The molecule has 2 saturated heterocycles. The van der Waals surface area contributed by atoms with Gasteiger partial charge in [-0.3, -0.25) is 4.98 Å². The first-order chi connectivity index (χ1) is 14.9. The van der Waals surface area contributed by atoms with Crippen molar-refractivity contribution in [3.63, 3.8) is 0 Å². The molecule has 0 aromatic carbocycles. The maximum Gasteiger partial charge on any atom is 0.275 e. The second kappa shape index (κ2) is 10.0. The van der Waals surface area contributed by atoms with E-state index in [9.17, 15) is 13.6 Å². The average molecular weight is 432 g/mol. The molecule has 2 aliphatic heterocycles. The van der Waals surface area contributed by atoms with Crippen molar-refractivity contribution < 1.29 is 18.3 Å². The molecule has 166 valence electrons. The van der Waals surface area contributed by atoms with Crippen molar-refractivity contribution in [3.8, 4) is 6.07 Å². The van der Waals surface area contributed by atoms with E-state index in [0.717, 1.165) is 17.4 Å². The van der Waals surface area contributed by atoms with E-state index >= 15 is 0 Å². The van der Waals surface area contributed by atoms with E-state index in [1.807, 2.05) is 19.1 Å². The summed E-state index contributed by atoms with van der Waals surface area (Å²) in [6.07, 6.45) is 4.14. The minimum Gasteiger partial charge on any atom is -0.364 e. The van der Waals surface area contributed by atoms with Gasteiger partial charge < -0.3 is 25.1 Å². The van der Waals surface area contributed by atoms with Gasteiger partial charge in [-0.1, -0.05) is 0 Å². The molecule has 2 N–H and O–H groups in total. The zero-order valence-electron chi connectivity index (χ0n) is 17.5. The van der Waals surface area contributed by atoms with E-state index in [4.69, 9.17) is 10.00 Å². The number of hydrogen-bond donors (Lipinski definition) is 2. The predicted octanol–water partition coefficient (Wildman–Crippen LogP) is 1.50. The van der Waals surface area contributed by atoms with Crippen LogP contribution in [-0.2, 0) is 9.53 Å². The van der Waals surface area contributed by atoms with E-state index < -0.39 is 18.1 Å². The lowest BCUT2D eigenvalue weighted by Crippen LogP contribution is -2.54. The number of nitrogens with zero attached hydrogens (tertiary/aromatic N) is 4. The average Bonchev–Trinajstić information content (AvgIpc) is 2.78. The van der Waals surface area contributed by atoms with Gasteiger partial charge in [0.05, 0.1) is 37.1 Å². The first-order valence-electron chi connectivity index (χ1n) is 10.1. The van der Waals surface area contributed by atoms with Gasteiger partial charge in [0.15, 0.2) is 12.0 Å². The third-order valence-corrected chi connectivity index (χ3v) is 5.34. The summed E-state index contributed by atoms with van der Waals surface area (Å²) < 4.78 is 31.0. The third kappa shape index (κ3) is 5.31. The SMILES string of the molecule is CNC1CCNCC1(F)F.C[C@@H]1CN(c2cnc(C#N)c3ncccc23)C[C@H](C=O)O1. The maximum absolute atomic E-state index is 12.7. The van der Waals surface area contributed by atoms with Crippen LogP contribution >= 0.6 is 0 Å². The fraction of sp³-hybridized carbons (Fsp3) is 0.524. The number of morpholine rings is 1. The molecule has 8 nitrogen and oxygen atoms in total. The van der Waals surface area contributed by atoms with Crippen LogP contribution in [0.3, 0.4) is 0 Å². The van der Waals surface area contributed by atoms with Crippen LogP contribution in [0.2, 0.25) is 0 Å². The number of aldehydes is 1. The second-order valence-electron chi connectivity index (χ2n) is 7.60. The fourth-order valence-corrected chi connectivity index (χ4v) is 3.84. The lowest BCUT2D eigenvalue weighted by atomic mass is 10.0. The first-order valence-corrected chi connectivity index (χ1v) is 10.1. The van der Waals surface area contributed by atoms with Crippen molar-refractivity contribution in [2.24, 2.45) is 0 Å². The van der Waals surface area contributed by atoms with E-state index in [0.29, 0.717) is 37.3 Å². The number of pyridine rings is 2. The predicted molar refractivity (Wildman–Crippen MR) is 112 cm³/mol. The van der Waals surface area contributed by atoms with Gasteiger partial charge in [-0.2, -0.15) is 5.26 Å². The first kappa shape index (κ1) is 22.9. The number of nitriles is 1. The Hall–Kier alpha value is -2.74. The molecule has 0 bridgehead atoms. The molecule has 4 rings (SSSR count). The number of aromatic nitrogens is 2. The second-order valence-corrected chi connectivity index (χ2v) is 7.60. The van der Waals surface area contributed by atoms with Crippen molar-refractivity contribution in [2.45, 2.75) is 37.5 Å². The number of nitrogens with one attached hydrogen (secondary N) is 2. The van der Waals surface area contributed by atoms with Crippen LogP contribution in [0.15, 0.2) is 24.5 Å². The Morgan fingerprint density at radius 2 is 2.23 bits per heavy atom. The monoisotopic (exact) mass is 432 g/mol. The van der Waals surface area contributed by atoms with Gasteiger partial charge in [-0.15, -0.1) is 0 Å². The number of anilines is 1. The molecule has 10 heteroatoms. The summed E-state index contributed by atoms with van der Waals surface area (Å²) in [5.74, 6) is -2.58. The number of piperidine rings is 1. The summed E-state index contributed by atoms with van der Waals surface area (Å²) in [6.45, 7) is 3.56. The maximum atomic E-state index is 12.7. The number of hydrogen-bond acceptors (Lipinski definition) is 8. The molecular weight excluding hydrogens is 406 g/mol. The van der Waals surface area contributed by atoms with E-state index in [1.54, 1.807) is 19.4 Å². The molecule has 0 amide bonds. The van der Waals surface area contributed by atoms with Gasteiger partial charge in [-0.25, -0.2) is 13.8 Å². The molecule has 0 radical (unpaired) electrons. The molecule has 2 aromatic rings. The normalized spacial score (nSPS) is 25.3. The number of alkyl halides is 2. The summed E-state index contributed by atoms with van der Waals surface area (Å²) >= 11 is 0. The molecule has 2 fully saturated rings. The van der Waals surface area contributed by atoms with Crippen LogP contribution in [0.25, 0.3) is 10.9 Å². The summed E-state index contributed by atoms with van der Waals surface area (Å²) in [6, 6.07) is 5.15. The highest BCUT2D eigenvalue weighted by Crippen LogP contribution is 2.28. The van der Waals surface area contributed by atoms with Crippen molar-refractivity contribution in [2.75, 3.05) is 38.1 Å². The summed E-state index contributed by atoms with van der Waals surface area (Å²) in [5.41, 5.74) is 1.76. The van der Waals surface area contributed by atoms with Crippen LogP contribution in [0.4, 0.5) is 14.5 Å². The highest BCUT2D eigenvalue weighted by molar-refractivity contribution is 5.93. The number of ether oxygens (including phenoxy) is 1. The summed E-state index contributed by atoms with van der Waals surface area (Å²) in [5, 5.41) is 15.2. The number of rotatable bonds is 3. The van der Waals surface area contributed by atoms with Crippen molar-refractivity contribution in [1.82, 2.24) is 20.6 Å². The number of halogens is 2. The fourth-order valence-electron chi connectivity index (χ4n) is 3.84. The Labute approximate surface area is 179 Å². The molecule has 31 heavy (non-hydrogen) atoms. The molecular formula is C21H26F2N6O2. The van der Waals surface area contributed by atoms with Crippen LogP contribution in [0.1, 0.15) is 19.0 Å². The Bertz CT molecular complexity index is 951. The Kier molecular flexibility index (Phi) is 7.43. The van der Waals surface area contributed by atoms with Crippen LogP contribution < -0.4 is 15.5 Å². The Morgan fingerprint density at radius 1 is 1.42 bits per heavy atom. The lowest BCUT2D eigenvalue weighted by Gasteiger charge is -2.36. The molecule has 0 saturated carbocycles. The van der Waals surface area contributed by atoms with Crippen LogP contribution in [-0.4, -0.2) is 73.7 Å². The number of carbonyl (C=O) groups excluding carboxylic acids is 1. The van der Waals surface area contributed by atoms with Crippen molar-refractivity contribution in [3.05, 3.63) is 30.2 Å². The lowest BCUT2D eigenvalue weighted by molar-refractivity contribution is -0.122. The topological polar surface area (TPSA) is 103 Å². The van der Waals surface area contributed by atoms with E-state index in [1.165, 1.54) is 0 Å². The highest BCUT2D eigenvalue weighted by atomic mass is 19.3. The molecule has 2 aliphatic rings. The molecule has 4 heterocycles. The number of carbonyl (C=O) groups is 1. The Balaban J connectivity index is 0.000000229. The molecule has 0 aliphatic carbocycles. The zero-order valence-corrected chi connectivity index (χ0v) is 17.5. The van der Waals surface area contributed by atoms with Gasteiger partial charge in [0, 0.05) is 18.1 Å². The van der Waals surface area contributed by atoms with Gasteiger partial charge in [-0.05, 0) is 39.1 Å². The largest absolute Gasteiger partial charge is 0.364 e. The highest BCUT2D eigenvalue weighted by Gasteiger charge is 2.40.